The van der Waals surface area contributed by atoms with Crippen LogP contribution in [0.2, 0.25) is 0 Å². The second-order valence-corrected chi connectivity index (χ2v) is 7.43. The van der Waals surface area contributed by atoms with E-state index in [2.05, 4.69) is 0 Å². The maximum Gasteiger partial charge on any atom is 0.264 e. The van der Waals surface area contributed by atoms with Crippen molar-refractivity contribution in [3.05, 3.63) is 77.7 Å². The first-order valence-electron chi connectivity index (χ1n) is 7.52. The Hall–Kier alpha value is -2.27. The predicted molar refractivity (Wildman–Crippen MR) is 89.3 cm³/mol. The quantitative estimate of drug-likeness (QED) is 0.866. The van der Waals surface area contributed by atoms with Gasteiger partial charge in [-0.2, -0.15) is 0 Å². The van der Waals surface area contributed by atoms with E-state index in [4.69, 9.17) is 4.74 Å². The number of sulfonamides is 1. The molecule has 0 aliphatic carbocycles. The maximum absolute atomic E-state index is 12.7. The second kappa shape index (κ2) is 6.46. The highest BCUT2D eigenvalue weighted by Crippen LogP contribution is 2.21. The van der Waals surface area contributed by atoms with Crippen molar-refractivity contribution in [2.75, 3.05) is 13.2 Å². The monoisotopic (exact) mass is 329 g/mol. The minimum atomic E-state index is -3.53. The summed E-state index contributed by atoms with van der Waals surface area (Å²) in [6, 6.07) is 16.8. The largest absolute Gasteiger partial charge is 0.494 e. The van der Waals surface area contributed by atoms with Gasteiger partial charge in [0.15, 0.2) is 0 Å². The fourth-order valence-corrected chi connectivity index (χ4v) is 3.78. The van der Waals surface area contributed by atoms with E-state index < -0.39 is 10.0 Å². The van der Waals surface area contributed by atoms with Crippen LogP contribution >= 0.6 is 0 Å². The Bertz CT molecular complexity index is 796. The topological polar surface area (TPSA) is 46.6 Å². The molecule has 5 heteroatoms. The average molecular weight is 329 g/mol. The van der Waals surface area contributed by atoms with Gasteiger partial charge in [0.2, 0.25) is 0 Å². The predicted octanol–water partition coefficient (Wildman–Crippen LogP) is 3.10. The highest BCUT2D eigenvalue weighted by atomic mass is 32.2. The van der Waals surface area contributed by atoms with Gasteiger partial charge in [-0.1, -0.05) is 48.0 Å². The van der Waals surface area contributed by atoms with Crippen molar-refractivity contribution >= 4 is 10.0 Å². The van der Waals surface area contributed by atoms with Crippen molar-refractivity contribution in [1.82, 2.24) is 4.31 Å². The van der Waals surface area contributed by atoms with Crippen LogP contribution in [0.1, 0.15) is 11.1 Å². The van der Waals surface area contributed by atoms with Crippen LogP contribution in [0.15, 0.2) is 71.5 Å². The molecule has 0 unspecified atom stereocenters. The van der Waals surface area contributed by atoms with Crippen LogP contribution in [0.4, 0.5) is 0 Å². The molecule has 0 saturated carbocycles. The van der Waals surface area contributed by atoms with Gasteiger partial charge in [-0.3, -0.25) is 4.31 Å². The van der Waals surface area contributed by atoms with E-state index in [-0.39, 0.29) is 0 Å². The molecule has 2 aromatic rings. The van der Waals surface area contributed by atoms with Gasteiger partial charge >= 0.3 is 0 Å². The van der Waals surface area contributed by atoms with Gasteiger partial charge in [0.1, 0.15) is 12.4 Å². The van der Waals surface area contributed by atoms with Crippen molar-refractivity contribution in [1.29, 1.82) is 0 Å². The fourth-order valence-electron chi connectivity index (χ4n) is 2.46. The normalized spacial score (nSPS) is 15.0. The van der Waals surface area contributed by atoms with Gasteiger partial charge in [-0.15, -0.1) is 0 Å². The number of nitrogens with zero attached hydrogens (tertiary/aromatic N) is 1. The molecule has 0 amide bonds. The van der Waals surface area contributed by atoms with Crippen molar-refractivity contribution in [3.8, 4) is 0 Å². The van der Waals surface area contributed by atoms with Crippen molar-refractivity contribution in [2.24, 2.45) is 0 Å². The van der Waals surface area contributed by atoms with E-state index in [1.807, 2.05) is 49.4 Å². The molecule has 1 aliphatic rings. The molecule has 4 nitrogen and oxygen atoms in total. The summed E-state index contributed by atoms with van der Waals surface area (Å²) in [7, 11) is -3.53. The molecule has 0 radical (unpaired) electrons. The summed E-state index contributed by atoms with van der Waals surface area (Å²) in [5.74, 6) is 0.665. The SMILES string of the molecule is Cc1ccc(S(=O)(=O)N2C=C(Cc3ccccc3)OCC2)cc1. The van der Waals surface area contributed by atoms with Crippen molar-refractivity contribution in [2.45, 2.75) is 18.2 Å². The number of hydrogen-bond donors (Lipinski definition) is 0. The molecular weight excluding hydrogens is 310 g/mol. The van der Waals surface area contributed by atoms with E-state index in [9.17, 15) is 8.42 Å². The van der Waals surface area contributed by atoms with Crippen LogP contribution in [0.3, 0.4) is 0 Å². The lowest BCUT2D eigenvalue weighted by Crippen LogP contribution is -2.33. The Morgan fingerprint density at radius 3 is 2.43 bits per heavy atom. The zero-order valence-electron chi connectivity index (χ0n) is 13.0. The highest BCUT2D eigenvalue weighted by Gasteiger charge is 2.25. The first-order chi connectivity index (χ1) is 11.1. The lowest BCUT2D eigenvalue weighted by Gasteiger charge is -2.27. The van der Waals surface area contributed by atoms with E-state index in [0.29, 0.717) is 30.2 Å². The number of aryl methyl sites for hydroxylation is 1. The molecular formula is C18H19NO3S. The van der Waals surface area contributed by atoms with E-state index in [1.54, 1.807) is 18.3 Å². The maximum atomic E-state index is 12.7. The number of ether oxygens (including phenoxy) is 1. The van der Waals surface area contributed by atoms with Gasteiger partial charge in [0.25, 0.3) is 10.0 Å². The minimum Gasteiger partial charge on any atom is -0.494 e. The molecule has 0 aromatic heterocycles. The summed E-state index contributed by atoms with van der Waals surface area (Å²) < 4.78 is 32.4. The van der Waals surface area contributed by atoms with E-state index in [1.165, 1.54) is 4.31 Å². The van der Waals surface area contributed by atoms with Crippen LogP contribution in [-0.2, 0) is 21.2 Å². The van der Waals surface area contributed by atoms with Crippen LogP contribution in [0.5, 0.6) is 0 Å². The van der Waals surface area contributed by atoms with Crippen molar-refractivity contribution < 1.29 is 13.2 Å². The van der Waals surface area contributed by atoms with Crippen LogP contribution < -0.4 is 0 Å². The first-order valence-corrected chi connectivity index (χ1v) is 8.96. The fraction of sp³-hybridized carbons (Fsp3) is 0.222. The number of allylic oxidation sites excluding steroid dienone is 1. The second-order valence-electron chi connectivity index (χ2n) is 5.54. The summed E-state index contributed by atoms with van der Waals surface area (Å²) in [6.45, 7) is 2.63. The standard InChI is InChI=1S/C18H19NO3S/c1-15-7-9-18(10-8-15)23(20,21)19-11-12-22-17(14-19)13-16-5-3-2-4-6-16/h2-10,14H,11-13H2,1H3. The molecule has 120 valence electrons. The molecule has 0 spiro atoms. The first kappa shape index (κ1) is 15.6. The van der Waals surface area contributed by atoms with Gasteiger partial charge < -0.3 is 4.74 Å². The van der Waals surface area contributed by atoms with Gasteiger partial charge in [0, 0.05) is 6.42 Å². The van der Waals surface area contributed by atoms with Gasteiger partial charge in [0.05, 0.1) is 17.6 Å². The van der Waals surface area contributed by atoms with Gasteiger partial charge in [-0.05, 0) is 24.6 Å². The third-order valence-corrected chi connectivity index (χ3v) is 5.51. The number of rotatable bonds is 4. The number of benzene rings is 2. The Balaban J connectivity index is 1.84. The van der Waals surface area contributed by atoms with Gasteiger partial charge in [-0.25, -0.2) is 8.42 Å². The average Bonchev–Trinajstić information content (AvgIpc) is 2.56. The lowest BCUT2D eigenvalue weighted by molar-refractivity contribution is 0.168. The van der Waals surface area contributed by atoms with Crippen LogP contribution in [0.25, 0.3) is 0 Å². The molecule has 3 rings (SSSR count). The van der Waals surface area contributed by atoms with Crippen LogP contribution in [0, 0.1) is 6.92 Å². The van der Waals surface area contributed by atoms with Crippen molar-refractivity contribution in [3.63, 3.8) is 0 Å². The molecule has 0 N–H and O–H groups in total. The molecule has 0 fully saturated rings. The third-order valence-electron chi connectivity index (χ3n) is 3.74. The smallest absolute Gasteiger partial charge is 0.264 e. The Morgan fingerprint density at radius 1 is 1.04 bits per heavy atom. The lowest BCUT2D eigenvalue weighted by atomic mass is 10.1. The summed E-state index contributed by atoms with van der Waals surface area (Å²) in [4.78, 5) is 0.306. The Morgan fingerprint density at radius 2 is 1.74 bits per heavy atom. The Kier molecular flexibility index (Phi) is 4.39. The summed E-state index contributed by atoms with van der Waals surface area (Å²) in [5.41, 5.74) is 2.12. The third kappa shape index (κ3) is 3.56. The van der Waals surface area contributed by atoms with E-state index >= 15 is 0 Å². The summed E-state index contributed by atoms with van der Waals surface area (Å²) in [6.07, 6.45) is 2.19. The van der Waals surface area contributed by atoms with Crippen LogP contribution in [-0.4, -0.2) is 25.9 Å². The minimum absolute atomic E-state index is 0.306. The zero-order chi connectivity index (χ0) is 16.3. The zero-order valence-corrected chi connectivity index (χ0v) is 13.8. The summed E-state index contributed by atoms with van der Waals surface area (Å²) >= 11 is 0. The molecule has 0 atom stereocenters. The molecule has 0 bridgehead atoms. The molecule has 0 saturated heterocycles. The molecule has 1 aliphatic heterocycles. The molecule has 23 heavy (non-hydrogen) atoms. The summed E-state index contributed by atoms with van der Waals surface area (Å²) in [5, 5.41) is 0. The van der Waals surface area contributed by atoms with E-state index in [0.717, 1.165) is 11.1 Å². The molecule has 2 aromatic carbocycles. The molecule has 1 heterocycles. The highest BCUT2D eigenvalue weighted by molar-refractivity contribution is 7.89. The number of hydrogen-bond acceptors (Lipinski definition) is 3. The Labute approximate surface area is 137 Å².